The van der Waals surface area contributed by atoms with Crippen LogP contribution in [0.15, 0.2) is 48.5 Å². The summed E-state index contributed by atoms with van der Waals surface area (Å²) in [4.78, 5) is 33.8. The van der Waals surface area contributed by atoms with E-state index in [0.717, 1.165) is 49.5 Å². The fourth-order valence-corrected chi connectivity index (χ4v) is 4.72. The summed E-state index contributed by atoms with van der Waals surface area (Å²) >= 11 is 6.60. The first-order valence-electron chi connectivity index (χ1n) is 12.5. The quantitative estimate of drug-likeness (QED) is 0.359. The fraction of sp³-hybridized carbons (Fsp3) is 0.321. The number of rotatable bonds is 9. The van der Waals surface area contributed by atoms with Gasteiger partial charge in [-0.2, -0.15) is 0 Å². The molecule has 200 valence electrons. The number of phenols is 1. The van der Waals surface area contributed by atoms with Crippen LogP contribution in [0.4, 0.5) is 17.3 Å². The summed E-state index contributed by atoms with van der Waals surface area (Å²) in [5.74, 6) is 1.02. The summed E-state index contributed by atoms with van der Waals surface area (Å²) in [6, 6.07) is 14.6. The number of anilines is 3. The highest BCUT2D eigenvalue weighted by molar-refractivity contribution is 6.34. The average Bonchev–Trinajstić information content (AvgIpc) is 2.89. The Hall–Kier alpha value is -3.66. The number of amides is 2. The number of halogens is 1. The molecule has 0 radical (unpaired) electrons. The monoisotopic (exact) mass is 536 g/mol. The molecule has 1 fully saturated rings. The molecule has 0 spiro atoms. The first-order valence-corrected chi connectivity index (χ1v) is 12.9. The van der Waals surface area contributed by atoms with Gasteiger partial charge in [-0.15, -0.1) is 0 Å². The van der Waals surface area contributed by atoms with Crippen LogP contribution < -0.4 is 20.4 Å². The molecule has 3 N–H and O–H groups in total. The predicted molar refractivity (Wildman–Crippen MR) is 153 cm³/mol. The van der Waals surface area contributed by atoms with Gasteiger partial charge in [0.25, 0.3) is 0 Å². The van der Waals surface area contributed by atoms with Gasteiger partial charge in [-0.1, -0.05) is 35.9 Å². The van der Waals surface area contributed by atoms with Crippen LogP contribution in [0.5, 0.6) is 5.75 Å². The van der Waals surface area contributed by atoms with Crippen molar-refractivity contribution in [2.24, 2.45) is 0 Å². The van der Waals surface area contributed by atoms with Crippen molar-refractivity contribution in [3.8, 4) is 28.0 Å². The predicted octanol–water partition coefficient (Wildman–Crippen LogP) is 3.67. The lowest BCUT2D eigenvalue weighted by Crippen LogP contribution is -2.43. The molecule has 9 nitrogen and oxygen atoms in total. The van der Waals surface area contributed by atoms with Crippen LogP contribution in [0.2, 0.25) is 5.02 Å². The van der Waals surface area contributed by atoms with E-state index in [1.807, 2.05) is 49.3 Å². The number of carbonyl (C=O) groups excluding carboxylic acids is 2. The molecule has 1 aliphatic heterocycles. The van der Waals surface area contributed by atoms with E-state index in [2.05, 4.69) is 20.5 Å². The maximum atomic E-state index is 11.8. The number of aromatic hydroxyl groups is 1. The third-order valence-electron chi connectivity index (χ3n) is 6.39. The van der Waals surface area contributed by atoms with E-state index in [-0.39, 0.29) is 11.7 Å². The maximum Gasteiger partial charge on any atom is 0.222 e. The summed E-state index contributed by atoms with van der Waals surface area (Å²) < 4.78 is 0. The van der Waals surface area contributed by atoms with Crippen LogP contribution in [0.25, 0.3) is 22.3 Å². The molecule has 3 aromatic rings. The van der Waals surface area contributed by atoms with E-state index in [4.69, 9.17) is 11.6 Å². The topological polar surface area (TPSA) is 101 Å². The lowest BCUT2D eigenvalue weighted by molar-refractivity contribution is -0.114. The Balaban J connectivity index is 1.71. The number of hydrogen-bond donors (Lipinski definition) is 3. The Morgan fingerprint density at radius 1 is 1.11 bits per heavy atom. The molecule has 1 saturated heterocycles. The Labute approximate surface area is 228 Å². The average molecular weight is 537 g/mol. The van der Waals surface area contributed by atoms with Gasteiger partial charge in [0.15, 0.2) is 0 Å². The number of nitrogens with one attached hydrogen (secondary N) is 2. The Kier molecular flexibility index (Phi) is 8.83. The molecular weight excluding hydrogens is 504 g/mol. The van der Waals surface area contributed by atoms with E-state index in [1.54, 1.807) is 23.1 Å². The molecule has 2 aromatic carbocycles. The number of piperazine rings is 1. The molecule has 4 rings (SSSR count). The summed E-state index contributed by atoms with van der Waals surface area (Å²) in [7, 11) is 3.89. The number of nitrogens with zero attached hydrogens (tertiary/aromatic N) is 4. The number of likely N-dealkylation sites (N-methyl/N-ethyl adjacent to an activating group) is 1. The minimum atomic E-state index is -0.219. The van der Waals surface area contributed by atoms with Crippen molar-refractivity contribution in [2.45, 2.75) is 6.92 Å². The molecular formula is C28H33ClN6O3. The van der Waals surface area contributed by atoms with Crippen LogP contribution >= 0.6 is 11.6 Å². The molecule has 1 aliphatic rings. The number of pyridine rings is 1. The zero-order valence-corrected chi connectivity index (χ0v) is 22.6. The number of phenolic OH excluding ortho intramolecular Hbond substituents is 1. The third-order valence-corrected chi connectivity index (χ3v) is 6.69. The second kappa shape index (κ2) is 12.3. The van der Waals surface area contributed by atoms with Crippen LogP contribution in [0.1, 0.15) is 6.92 Å². The molecule has 1 aromatic heterocycles. The van der Waals surface area contributed by atoms with E-state index in [1.165, 1.54) is 6.92 Å². The van der Waals surface area contributed by atoms with Crippen molar-refractivity contribution in [2.75, 3.05) is 68.5 Å². The molecule has 2 amide bonds. The molecule has 2 heterocycles. The zero-order chi connectivity index (χ0) is 27.2. The minimum absolute atomic E-state index is 0.0856. The van der Waals surface area contributed by atoms with Gasteiger partial charge in [0.05, 0.1) is 10.7 Å². The van der Waals surface area contributed by atoms with Crippen molar-refractivity contribution in [1.82, 2.24) is 15.2 Å². The van der Waals surface area contributed by atoms with Crippen molar-refractivity contribution in [1.29, 1.82) is 0 Å². The molecule has 0 bridgehead atoms. The summed E-state index contributed by atoms with van der Waals surface area (Å²) in [6.45, 7) is 5.91. The van der Waals surface area contributed by atoms with Gasteiger partial charge in [0, 0.05) is 57.3 Å². The second-order valence-electron chi connectivity index (χ2n) is 9.49. The van der Waals surface area contributed by atoms with Gasteiger partial charge in [0.2, 0.25) is 12.3 Å². The Morgan fingerprint density at radius 3 is 2.45 bits per heavy atom. The van der Waals surface area contributed by atoms with Gasteiger partial charge in [-0.3, -0.25) is 9.59 Å². The molecule has 0 aliphatic carbocycles. The number of hydrogen-bond acceptors (Lipinski definition) is 7. The van der Waals surface area contributed by atoms with Crippen molar-refractivity contribution in [3.63, 3.8) is 0 Å². The number of para-hydroxylation sites is 1. The normalized spacial score (nSPS) is 13.4. The van der Waals surface area contributed by atoms with E-state index < -0.39 is 0 Å². The third kappa shape index (κ3) is 6.42. The largest absolute Gasteiger partial charge is 0.507 e. The van der Waals surface area contributed by atoms with Gasteiger partial charge >= 0.3 is 0 Å². The molecule has 10 heteroatoms. The molecule has 0 unspecified atom stereocenters. The Bertz CT molecular complexity index is 1310. The highest BCUT2D eigenvalue weighted by atomic mass is 35.5. The summed E-state index contributed by atoms with van der Waals surface area (Å²) in [5, 5.41) is 17.9. The van der Waals surface area contributed by atoms with Crippen LogP contribution in [0.3, 0.4) is 0 Å². The standard InChI is InChI=1S/C28H33ClN6O3/c1-19(37)31-26-16-21(17-27(32-26)34-11-9-30-10-12-34)23-6-4-5-22(28(23)38)20-7-8-25(24(29)15-20)35(18-36)14-13-33(2)3/h4-8,15-18,30,38H,9-14H2,1-3H3,(H,31,32,37). The number of carbonyl (C=O) groups is 2. The van der Waals surface area contributed by atoms with Gasteiger partial charge in [0.1, 0.15) is 17.4 Å². The Morgan fingerprint density at radius 2 is 1.82 bits per heavy atom. The molecule has 0 saturated carbocycles. The highest BCUT2D eigenvalue weighted by Crippen LogP contribution is 2.41. The fourth-order valence-electron chi connectivity index (χ4n) is 4.43. The zero-order valence-electron chi connectivity index (χ0n) is 21.9. The van der Waals surface area contributed by atoms with Crippen molar-refractivity contribution in [3.05, 3.63) is 53.6 Å². The van der Waals surface area contributed by atoms with E-state index in [0.29, 0.717) is 40.7 Å². The first kappa shape index (κ1) is 27.4. The van der Waals surface area contributed by atoms with E-state index in [9.17, 15) is 14.7 Å². The van der Waals surface area contributed by atoms with Crippen LogP contribution in [-0.2, 0) is 9.59 Å². The highest BCUT2D eigenvalue weighted by Gasteiger charge is 2.18. The van der Waals surface area contributed by atoms with Crippen LogP contribution in [-0.4, -0.2) is 80.7 Å². The number of aromatic nitrogens is 1. The minimum Gasteiger partial charge on any atom is -0.507 e. The first-order chi connectivity index (χ1) is 18.3. The lowest BCUT2D eigenvalue weighted by Gasteiger charge is -2.29. The van der Waals surface area contributed by atoms with Gasteiger partial charge in [-0.05, 0) is 49.5 Å². The maximum absolute atomic E-state index is 11.8. The van der Waals surface area contributed by atoms with Crippen molar-refractivity contribution >= 4 is 41.2 Å². The lowest BCUT2D eigenvalue weighted by atomic mass is 9.97. The SMILES string of the molecule is CC(=O)Nc1cc(-c2cccc(-c3ccc(N(C=O)CCN(C)C)c(Cl)c3)c2O)cc(N2CCNCC2)n1. The van der Waals surface area contributed by atoms with Gasteiger partial charge < -0.3 is 30.4 Å². The second-order valence-corrected chi connectivity index (χ2v) is 9.89. The molecule has 0 atom stereocenters. The summed E-state index contributed by atoms with van der Waals surface area (Å²) in [6.07, 6.45) is 0.772. The smallest absolute Gasteiger partial charge is 0.222 e. The number of benzene rings is 2. The van der Waals surface area contributed by atoms with Crippen molar-refractivity contribution < 1.29 is 14.7 Å². The van der Waals surface area contributed by atoms with E-state index >= 15 is 0 Å². The van der Waals surface area contributed by atoms with Crippen LogP contribution in [0, 0.1) is 0 Å². The summed E-state index contributed by atoms with van der Waals surface area (Å²) in [5.41, 5.74) is 3.26. The molecule has 38 heavy (non-hydrogen) atoms. The van der Waals surface area contributed by atoms with Gasteiger partial charge in [-0.25, -0.2) is 4.98 Å².